The van der Waals surface area contributed by atoms with Crippen LogP contribution in [0.4, 0.5) is 4.79 Å². The van der Waals surface area contributed by atoms with Crippen LogP contribution in [0.1, 0.15) is 32.1 Å². The lowest BCUT2D eigenvalue weighted by Crippen LogP contribution is -2.47. The quantitative estimate of drug-likeness (QED) is 0.737. The van der Waals surface area contributed by atoms with Gasteiger partial charge in [0.05, 0.1) is 0 Å². The lowest BCUT2D eigenvalue weighted by molar-refractivity contribution is -0.137. The summed E-state index contributed by atoms with van der Waals surface area (Å²) in [7, 11) is 1.60. The first kappa shape index (κ1) is 11.8. The number of rotatable bonds is 3. The highest BCUT2D eigenvalue weighted by Crippen LogP contribution is 2.20. The van der Waals surface area contributed by atoms with Crippen LogP contribution in [0.15, 0.2) is 0 Å². The van der Waals surface area contributed by atoms with Crippen LogP contribution in [-0.4, -0.2) is 41.6 Å². The number of hydrogen-bond acceptors (Lipinski definition) is 2. The van der Waals surface area contributed by atoms with Gasteiger partial charge in [-0.05, 0) is 25.7 Å². The highest BCUT2D eigenvalue weighted by molar-refractivity contribution is 5.74. The van der Waals surface area contributed by atoms with Crippen LogP contribution in [0, 0.1) is 0 Å². The minimum Gasteiger partial charge on any atom is -0.481 e. The summed E-state index contributed by atoms with van der Waals surface area (Å²) in [5.41, 5.74) is 0. The molecule has 0 spiro atoms. The predicted octanol–water partition coefficient (Wildman–Crippen LogP) is 1.05. The molecule has 1 heterocycles. The van der Waals surface area contributed by atoms with Crippen molar-refractivity contribution in [2.24, 2.45) is 0 Å². The Morgan fingerprint density at radius 3 is 2.80 bits per heavy atom. The molecule has 1 rings (SSSR count). The van der Waals surface area contributed by atoms with Crippen LogP contribution < -0.4 is 5.32 Å². The number of urea groups is 1. The molecule has 86 valence electrons. The van der Waals surface area contributed by atoms with E-state index in [0.29, 0.717) is 6.42 Å². The second-order valence-electron chi connectivity index (χ2n) is 3.83. The Bertz CT molecular complexity index is 243. The van der Waals surface area contributed by atoms with Crippen molar-refractivity contribution in [3.63, 3.8) is 0 Å². The SMILES string of the molecule is CNC(=O)N1CCCCC1CCC(=O)O. The molecule has 1 aliphatic rings. The third-order valence-electron chi connectivity index (χ3n) is 2.79. The van der Waals surface area contributed by atoms with Gasteiger partial charge in [0.2, 0.25) is 0 Å². The Kier molecular flexibility index (Phi) is 4.39. The van der Waals surface area contributed by atoms with Gasteiger partial charge in [-0.15, -0.1) is 0 Å². The highest BCUT2D eigenvalue weighted by atomic mass is 16.4. The number of likely N-dealkylation sites (tertiary alicyclic amines) is 1. The number of carbonyl (C=O) groups is 2. The number of piperidine rings is 1. The fourth-order valence-electron chi connectivity index (χ4n) is 2.00. The maximum Gasteiger partial charge on any atom is 0.317 e. The smallest absolute Gasteiger partial charge is 0.317 e. The Morgan fingerprint density at radius 1 is 1.47 bits per heavy atom. The third-order valence-corrected chi connectivity index (χ3v) is 2.79. The molecular weight excluding hydrogens is 196 g/mol. The van der Waals surface area contributed by atoms with E-state index >= 15 is 0 Å². The zero-order valence-electron chi connectivity index (χ0n) is 9.03. The first-order valence-electron chi connectivity index (χ1n) is 5.35. The Balaban J connectivity index is 2.49. The number of aliphatic carboxylic acids is 1. The van der Waals surface area contributed by atoms with Crippen LogP contribution in [-0.2, 0) is 4.79 Å². The van der Waals surface area contributed by atoms with E-state index in [2.05, 4.69) is 5.32 Å². The summed E-state index contributed by atoms with van der Waals surface area (Å²) in [5, 5.41) is 11.2. The molecule has 1 aliphatic heterocycles. The monoisotopic (exact) mass is 214 g/mol. The van der Waals surface area contributed by atoms with Crippen LogP contribution >= 0.6 is 0 Å². The number of nitrogens with one attached hydrogen (secondary N) is 1. The van der Waals surface area contributed by atoms with Crippen molar-refractivity contribution in [3.05, 3.63) is 0 Å². The first-order valence-corrected chi connectivity index (χ1v) is 5.35. The molecule has 0 aromatic rings. The van der Waals surface area contributed by atoms with Crippen molar-refractivity contribution >= 4 is 12.0 Å². The molecule has 5 nitrogen and oxygen atoms in total. The van der Waals surface area contributed by atoms with Gasteiger partial charge in [0.15, 0.2) is 0 Å². The van der Waals surface area contributed by atoms with Crippen LogP contribution in [0.25, 0.3) is 0 Å². The molecule has 5 heteroatoms. The number of hydrogen-bond donors (Lipinski definition) is 2. The second-order valence-corrected chi connectivity index (χ2v) is 3.83. The molecule has 0 radical (unpaired) electrons. The molecule has 2 N–H and O–H groups in total. The van der Waals surface area contributed by atoms with E-state index < -0.39 is 5.97 Å². The van der Waals surface area contributed by atoms with E-state index in [9.17, 15) is 9.59 Å². The first-order chi connectivity index (χ1) is 7.15. The van der Waals surface area contributed by atoms with E-state index in [4.69, 9.17) is 5.11 Å². The Morgan fingerprint density at radius 2 is 2.20 bits per heavy atom. The van der Waals surface area contributed by atoms with Gasteiger partial charge in [0, 0.05) is 26.1 Å². The average molecular weight is 214 g/mol. The van der Waals surface area contributed by atoms with E-state index in [-0.39, 0.29) is 18.5 Å². The van der Waals surface area contributed by atoms with Gasteiger partial charge in [-0.25, -0.2) is 4.79 Å². The minimum atomic E-state index is -0.794. The number of carboxylic acids is 1. The van der Waals surface area contributed by atoms with Gasteiger partial charge in [-0.3, -0.25) is 4.79 Å². The molecule has 1 saturated heterocycles. The summed E-state index contributed by atoms with van der Waals surface area (Å²) in [6.45, 7) is 0.740. The standard InChI is InChI=1S/C10H18N2O3/c1-11-10(15)12-7-3-2-4-8(12)5-6-9(13)14/h8H,2-7H2,1H3,(H,11,15)(H,13,14). The summed E-state index contributed by atoms with van der Waals surface area (Å²) >= 11 is 0. The van der Waals surface area contributed by atoms with E-state index in [1.807, 2.05) is 0 Å². The molecule has 0 saturated carbocycles. The molecule has 2 amide bonds. The van der Waals surface area contributed by atoms with Crippen molar-refractivity contribution < 1.29 is 14.7 Å². The fourth-order valence-corrected chi connectivity index (χ4v) is 2.00. The molecule has 0 aromatic carbocycles. The zero-order chi connectivity index (χ0) is 11.3. The lowest BCUT2D eigenvalue weighted by Gasteiger charge is -2.35. The Labute approximate surface area is 89.4 Å². The summed E-state index contributed by atoms with van der Waals surface area (Å²) in [6, 6.07) is -0.000103. The molecule has 1 atom stereocenters. The summed E-state index contributed by atoms with van der Waals surface area (Å²) in [4.78, 5) is 23.7. The molecule has 1 fully saturated rings. The van der Waals surface area contributed by atoms with Crippen molar-refractivity contribution in [3.8, 4) is 0 Å². The average Bonchev–Trinajstić information content (AvgIpc) is 2.25. The number of carboxylic acid groups (broad SMARTS) is 1. The maximum absolute atomic E-state index is 11.5. The van der Waals surface area contributed by atoms with Gasteiger partial charge in [0.1, 0.15) is 0 Å². The number of nitrogens with zero attached hydrogens (tertiary/aromatic N) is 1. The molecule has 1 unspecified atom stereocenters. The van der Waals surface area contributed by atoms with Gasteiger partial charge in [-0.1, -0.05) is 0 Å². The third kappa shape index (κ3) is 3.42. The molecule has 0 bridgehead atoms. The van der Waals surface area contributed by atoms with Gasteiger partial charge in [-0.2, -0.15) is 0 Å². The molecule has 15 heavy (non-hydrogen) atoms. The van der Waals surface area contributed by atoms with E-state index in [1.54, 1.807) is 11.9 Å². The highest BCUT2D eigenvalue weighted by Gasteiger charge is 2.26. The lowest BCUT2D eigenvalue weighted by atomic mass is 9.98. The zero-order valence-corrected chi connectivity index (χ0v) is 9.03. The largest absolute Gasteiger partial charge is 0.481 e. The van der Waals surface area contributed by atoms with Crippen LogP contribution in [0.2, 0.25) is 0 Å². The molecule has 0 aromatic heterocycles. The van der Waals surface area contributed by atoms with Crippen molar-refractivity contribution in [2.45, 2.75) is 38.1 Å². The summed E-state index contributed by atoms with van der Waals surface area (Å²) in [5.74, 6) is -0.794. The van der Waals surface area contributed by atoms with Crippen molar-refractivity contribution in [2.75, 3.05) is 13.6 Å². The normalized spacial score (nSPS) is 21.1. The fraction of sp³-hybridized carbons (Fsp3) is 0.800. The second kappa shape index (κ2) is 5.58. The van der Waals surface area contributed by atoms with Crippen molar-refractivity contribution in [1.29, 1.82) is 0 Å². The Hall–Kier alpha value is -1.26. The predicted molar refractivity (Wildman–Crippen MR) is 55.7 cm³/mol. The maximum atomic E-state index is 11.5. The van der Waals surface area contributed by atoms with E-state index in [1.165, 1.54) is 0 Å². The molecular formula is C10H18N2O3. The summed E-state index contributed by atoms with van der Waals surface area (Å²) < 4.78 is 0. The van der Waals surface area contributed by atoms with Gasteiger partial charge < -0.3 is 15.3 Å². The van der Waals surface area contributed by atoms with Crippen molar-refractivity contribution in [1.82, 2.24) is 10.2 Å². The number of carbonyl (C=O) groups excluding carboxylic acids is 1. The number of amides is 2. The van der Waals surface area contributed by atoms with Gasteiger partial charge >= 0.3 is 12.0 Å². The van der Waals surface area contributed by atoms with Crippen LogP contribution in [0.5, 0.6) is 0 Å². The van der Waals surface area contributed by atoms with Gasteiger partial charge in [0.25, 0.3) is 0 Å². The molecule has 0 aliphatic carbocycles. The minimum absolute atomic E-state index is 0.0924. The topological polar surface area (TPSA) is 69.6 Å². The summed E-state index contributed by atoms with van der Waals surface area (Å²) in [6.07, 6.45) is 3.70. The van der Waals surface area contributed by atoms with E-state index in [0.717, 1.165) is 25.8 Å². The van der Waals surface area contributed by atoms with Crippen LogP contribution in [0.3, 0.4) is 0 Å².